The van der Waals surface area contributed by atoms with Gasteiger partial charge in [-0.3, -0.25) is 9.59 Å². The first-order valence-electron chi connectivity index (χ1n) is 9.68. The zero-order valence-electron chi connectivity index (χ0n) is 16.3. The molecule has 30 heavy (non-hydrogen) atoms. The Kier molecular flexibility index (Phi) is 4.59. The first-order chi connectivity index (χ1) is 14.6. The highest BCUT2D eigenvalue weighted by Gasteiger charge is 2.36. The Bertz CT molecular complexity index is 1250. The molecule has 6 nitrogen and oxygen atoms in total. The molecular weight excluding hydrogens is 398 g/mol. The fourth-order valence-corrected chi connectivity index (χ4v) is 4.72. The van der Waals surface area contributed by atoms with E-state index in [1.165, 1.54) is 6.26 Å². The number of furan rings is 1. The van der Waals surface area contributed by atoms with Crippen LogP contribution in [0.3, 0.4) is 0 Å². The van der Waals surface area contributed by atoms with Crippen LogP contribution in [0.25, 0.3) is 10.2 Å². The van der Waals surface area contributed by atoms with Crippen LogP contribution in [0.2, 0.25) is 0 Å². The zero-order valence-corrected chi connectivity index (χ0v) is 17.1. The van der Waals surface area contributed by atoms with Gasteiger partial charge in [-0.05, 0) is 48.4 Å². The molecule has 0 radical (unpaired) electrons. The van der Waals surface area contributed by atoms with Gasteiger partial charge < -0.3 is 14.6 Å². The number of anilines is 1. The van der Waals surface area contributed by atoms with E-state index in [0.29, 0.717) is 18.7 Å². The number of carbonyl (C=O) groups excluding carboxylic acids is 2. The average Bonchev–Trinajstić information content (AvgIpc) is 3.41. The van der Waals surface area contributed by atoms with Gasteiger partial charge in [-0.15, -0.1) is 11.3 Å². The van der Waals surface area contributed by atoms with Gasteiger partial charge in [0.25, 0.3) is 5.91 Å². The molecule has 0 spiro atoms. The Hall–Kier alpha value is -3.45. The molecule has 1 N–H and O–H groups in total. The largest absolute Gasteiger partial charge is 0.459 e. The van der Waals surface area contributed by atoms with E-state index in [9.17, 15) is 9.59 Å². The third kappa shape index (κ3) is 3.37. The van der Waals surface area contributed by atoms with Crippen LogP contribution in [-0.2, 0) is 17.8 Å². The number of hydrogen-bond donors (Lipinski definition) is 1. The van der Waals surface area contributed by atoms with Gasteiger partial charge in [0, 0.05) is 18.7 Å². The maximum absolute atomic E-state index is 13.3. The van der Waals surface area contributed by atoms with Crippen molar-refractivity contribution in [1.82, 2.24) is 9.88 Å². The lowest BCUT2D eigenvalue weighted by atomic mass is 9.93. The Balaban J connectivity index is 1.45. The third-order valence-corrected chi connectivity index (χ3v) is 6.24. The molecule has 2 aromatic carbocycles. The van der Waals surface area contributed by atoms with Crippen molar-refractivity contribution in [1.29, 1.82) is 0 Å². The maximum atomic E-state index is 13.3. The lowest BCUT2D eigenvalue weighted by molar-refractivity contribution is -0.121. The summed E-state index contributed by atoms with van der Waals surface area (Å²) in [5.74, 6) is -0.276. The van der Waals surface area contributed by atoms with Gasteiger partial charge in [0.1, 0.15) is 6.04 Å². The molecule has 150 valence electrons. The topological polar surface area (TPSA) is 75.4 Å². The van der Waals surface area contributed by atoms with E-state index in [2.05, 4.69) is 10.3 Å². The summed E-state index contributed by atoms with van der Waals surface area (Å²) in [5.41, 5.74) is 3.73. The first-order valence-corrected chi connectivity index (χ1v) is 10.5. The second kappa shape index (κ2) is 7.42. The minimum atomic E-state index is -0.628. The van der Waals surface area contributed by atoms with Crippen molar-refractivity contribution in [2.45, 2.75) is 25.9 Å². The number of nitrogens with zero attached hydrogens (tertiary/aromatic N) is 2. The molecule has 0 unspecified atom stereocenters. The fraction of sp³-hybridized carbons (Fsp3) is 0.174. The minimum Gasteiger partial charge on any atom is -0.459 e. The Morgan fingerprint density at radius 2 is 1.97 bits per heavy atom. The van der Waals surface area contributed by atoms with Gasteiger partial charge in [-0.25, -0.2) is 4.98 Å². The first kappa shape index (κ1) is 18.6. The predicted octanol–water partition coefficient (Wildman–Crippen LogP) is 4.40. The molecule has 1 atom stereocenters. The van der Waals surface area contributed by atoms with Crippen LogP contribution >= 0.6 is 11.3 Å². The SMILES string of the molecule is Cc1nc2ccc(NC(=O)[C@@H]3Cc4ccccc4CN3C(=O)c3ccco3)cc2s1. The number of rotatable bonds is 3. The number of fused-ring (bicyclic) bond motifs is 2. The zero-order chi connectivity index (χ0) is 20.7. The summed E-state index contributed by atoms with van der Waals surface area (Å²) in [7, 11) is 0. The van der Waals surface area contributed by atoms with Crippen molar-refractivity contribution >= 4 is 39.1 Å². The van der Waals surface area contributed by atoms with Crippen molar-refractivity contribution < 1.29 is 14.0 Å². The van der Waals surface area contributed by atoms with E-state index in [1.54, 1.807) is 28.4 Å². The third-order valence-electron chi connectivity index (χ3n) is 5.31. The number of benzene rings is 2. The van der Waals surface area contributed by atoms with Gasteiger partial charge >= 0.3 is 0 Å². The summed E-state index contributed by atoms with van der Waals surface area (Å²) in [6.07, 6.45) is 1.92. The normalized spacial score (nSPS) is 15.8. The number of hydrogen-bond acceptors (Lipinski definition) is 5. The summed E-state index contributed by atoms with van der Waals surface area (Å²) in [5, 5.41) is 3.97. The Morgan fingerprint density at radius 3 is 2.77 bits per heavy atom. The maximum Gasteiger partial charge on any atom is 0.290 e. The second-order valence-corrected chi connectivity index (χ2v) is 8.54. The van der Waals surface area contributed by atoms with Crippen LogP contribution in [0.15, 0.2) is 65.3 Å². The van der Waals surface area contributed by atoms with Gasteiger partial charge in [-0.1, -0.05) is 24.3 Å². The van der Waals surface area contributed by atoms with Crippen LogP contribution in [0, 0.1) is 6.92 Å². The van der Waals surface area contributed by atoms with Gasteiger partial charge in [0.15, 0.2) is 5.76 Å². The number of amides is 2. The number of aromatic nitrogens is 1. The highest BCUT2D eigenvalue weighted by atomic mass is 32.1. The molecular formula is C23H19N3O3S. The lowest BCUT2D eigenvalue weighted by Gasteiger charge is -2.35. The van der Waals surface area contributed by atoms with Gasteiger partial charge in [-0.2, -0.15) is 0 Å². The lowest BCUT2D eigenvalue weighted by Crippen LogP contribution is -2.50. The molecule has 4 aromatic rings. The minimum absolute atomic E-state index is 0.218. The Labute approximate surface area is 177 Å². The van der Waals surface area contributed by atoms with Gasteiger partial charge in [0.2, 0.25) is 5.91 Å². The molecule has 2 amide bonds. The van der Waals surface area contributed by atoms with E-state index in [-0.39, 0.29) is 17.6 Å². The van der Waals surface area contributed by atoms with Crippen LogP contribution in [0.5, 0.6) is 0 Å². The van der Waals surface area contributed by atoms with E-state index in [0.717, 1.165) is 26.4 Å². The summed E-state index contributed by atoms with van der Waals surface area (Å²) < 4.78 is 6.32. The molecule has 1 aliphatic rings. The monoisotopic (exact) mass is 417 g/mol. The molecule has 1 aliphatic heterocycles. The highest BCUT2D eigenvalue weighted by Crippen LogP contribution is 2.28. The molecule has 0 saturated carbocycles. The summed E-state index contributed by atoms with van der Waals surface area (Å²) in [6.45, 7) is 2.32. The number of thiazole rings is 1. The van der Waals surface area contributed by atoms with E-state index in [4.69, 9.17) is 4.42 Å². The molecule has 0 aliphatic carbocycles. The summed E-state index contributed by atoms with van der Waals surface area (Å²) in [6, 6.07) is 16.2. The highest BCUT2D eigenvalue weighted by molar-refractivity contribution is 7.18. The van der Waals surface area contributed by atoms with Crippen molar-refractivity contribution in [3.63, 3.8) is 0 Å². The summed E-state index contributed by atoms with van der Waals surface area (Å²) in [4.78, 5) is 32.4. The Morgan fingerprint density at radius 1 is 1.13 bits per heavy atom. The second-order valence-electron chi connectivity index (χ2n) is 7.30. The van der Waals surface area contributed by atoms with Crippen LogP contribution in [0.4, 0.5) is 5.69 Å². The van der Waals surface area contributed by atoms with Crippen LogP contribution in [0.1, 0.15) is 26.7 Å². The molecule has 0 fully saturated rings. The average molecular weight is 417 g/mol. The van der Waals surface area contributed by atoms with Crippen molar-refractivity contribution in [2.75, 3.05) is 5.32 Å². The van der Waals surface area contributed by atoms with Crippen molar-refractivity contribution in [3.05, 3.63) is 82.8 Å². The smallest absolute Gasteiger partial charge is 0.290 e. The van der Waals surface area contributed by atoms with E-state index in [1.807, 2.05) is 49.4 Å². The van der Waals surface area contributed by atoms with Crippen molar-refractivity contribution in [2.24, 2.45) is 0 Å². The van der Waals surface area contributed by atoms with Crippen molar-refractivity contribution in [3.8, 4) is 0 Å². The molecule has 5 rings (SSSR count). The molecule has 2 aromatic heterocycles. The number of carbonyl (C=O) groups is 2. The fourth-order valence-electron chi connectivity index (χ4n) is 3.86. The van der Waals surface area contributed by atoms with E-state index < -0.39 is 6.04 Å². The number of nitrogens with one attached hydrogen (secondary N) is 1. The van der Waals surface area contributed by atoms with Gasteiger partial charge in [0.05, 0.1) is 21.5 Å². The quantitative estimate of drug-likeness (QED) is 0.536. The van der Waals surface area contributed by atoms with Crippen LogP contribution < -0.4 is 5.32 Å². The summed E-state index contributed by atoms with van der Waals surface area (Å²) >= 11 is 1.58. The molecule has 0 bridgehead atoms. The molecule has 3 heterocycles. The molecule has 0 saturated heterocycles. The van der Waals surface area contributed by atoms with E-state index >= 15 is 0 Å². The standard InChI is InChI=1S/C23H19N3O3S/c1-14-24-18-9-8-17(12-21(18)30-14)25-22(27)19-11-15-5-2-3-6-16(15)13-26(19)23(28)20-7-4-10-29-20/h2-10,12,19H,11,13H2,1H3,(H,25,27)/t19-/m0/s1. The van der Waals surface area contributed by atoms with Crippen LogP contribution in [-0.4, -0.2) is 27.7 Å². The predicted molar refractivity (Wildman–Crippen MR) is 116 cm³/mol. The molecule has 7 heteroatoms. The number of aryl methyl sites for hydroxylation is 1.